The van der Waals surface area contributed by atoms with Crippen LogP contribution in [0.4, 0.5) is 10.5 Å². The van der Waals surface area contributed by atoms with Crippen LogP contribution in [-0.4, -0.2) is 80.5 Å². The number of Topliss-reactive ketones (excluding diaryl/α,β-unsaturated/α-hetero) is 1. The molecule has 0 radical (unpaired) electrons. The van der Waals surface area contributed by atoms with Gasteiger partial charge in [-0.05, 0) is 43.5 Å². The molecule has 3 N–H and O–H groups in total. The van der Waals surface area contributed by atoms with Crippen LogP contribution in [0.2, 0.25) is 0 Å². The van der Waals surface area contributed by atoms with Crippen LogP contribution in [0.15, 0.2) is 48.4 Å². The predicted molar refractivity (Wildman–Crippen MR) is 145 cm³/mol. The van der Waals surface area contributed by atoms with E-state index in [2.05, 4.69) is 44.6 Å². The SMILES string of the molecule is CNC(=O)Nc1ccc2c(c1)C(=O)C(=Cc1c[nH]c3c(C=CCN4CCN(C)CC4)cc(OC)cc13)O2. The van der Waals surface area contributed by atoms with Crippen molar-refractivity contribution in [3.8, 4) is 11.5 Å². The van der Waals surface area contributed by atoms with Crippen molar-refractivity contribution < 1.29 is 19.1 Å². The van der Waals surface area contributed by atoms with Crippen LogP contribution in [0.1, 0.15) is 21.5 Å². The molecule has 37 heavy (non-hydrogen) atoms. The quantitative estimate of drug-likeness (QED) is 0.445. The number of aromatic amines is 1. The third-order valence-electron chi connectivity index (χ3n) is 6.76. The molecule has 0 atom stereocenters. The molecular weight excluding hydrogens is 470 g/mol. The maximum Gasteiger partial charge on any atom is 0.318 e. The zero-order chi connectivity index (χ0) is 25.9. The van der Waals surface area contributed by atoms with Gasteiger partial charge in [-0.2, -0.15) is 0 Å². The van der Waals surface area contributed by atoms with Gasteiger partial charge in [0.15, 0.2) is 5.76 Å². The number of allylic oxidation sites excluding steroid dienone is 1. The number of nitrogens with zero attached hydrogens (tertiary/aromatic N) is 2. The highest BCUT2D eigenvalue weighted by atomic mass is 16.5. The van der Waals surface area contributed by atoms with E-state index in [0.29, 0.717) is 17.0 Å². The minimum absolute atomic E-state index is 0.225. The largest absolute Gasteiger partial charge is 0.497 e. The van der Waals surface area contributed by atoms with Gasteiger partial charge in [0.1, 0.15) is 11.5 Å². The summed E-state index contributed by atoms with van der Waals surface area (Å²) in [6.45, 7) is 5.19. The fraction of sp³-hybridized carbons (Fsp3) is 0.286. The Kier molecular flexibility index (Phi) is 6.98. The van der Waals surface area contributed by atoms with Crippen LogP contribution in [0.25, 0.3) is 23.1 Å². The number of rotatable bonds is 6. The minimum Gasteiger partial charge on any atom is -0.497 e. The first-order valence-electron chi connectivity index (χ1n) is 12.3. The second kappa shape index (κ2) is 10.5. The van der Waals surface area contributed by atoms with Crippen LogP contribution in [0.3, 0.4) is 0 Å². The van der Waals surface area contributed by atoms with Crippen LogP contribution < -0.4 is 20.1 Å². The highest BCUT2D eigenvalue weighted by Crippen LogP contribution is 2.35. The van der Waals surface area contributed by atoms with Crippen molar-refractivity contribution in [2.24, 2.45) is 0 Å². The number of likely N-dealkylation sites (N-methyl/N-ethyl adjacent to an activating group) is 1. The number of anilines is 1. The Morgan fingerprint density at radius 3 is 2.73 bits per heavy atom. The minimum atomic E-state index is -0.358. The van der Waals surface area contributed by atoms with E-state index in [1.165, 1.54) is 7.05 Å². The van der Waals surface area contributed by atoms with Crippen molar-refractivity contribution in [2.75, 3.05) is 59.2 Å². The summed E-state index contributed by atoms with van der Waals surface area (Å²) >= 11 is 0. The van der Waals surface area contributed by atoms with Crippen molar-refractivity contribution in [3.05, 3.63) is 65.1 Å². The Balaban J connectivity index is 1.40. The molecule has 0 saturated carbocycles. The molecule has 2 aliphatic rings. The number of amides is 2. The van der Waals surface area contributed by atoms with Gasteiger partial charge in [-0.1, -0.05) is 12.2 Å². The number of fused-ring (bicyclic) bond motifs is 2. The Bertz CT molecular complexity index is 1400. The normalized spacial score (nSPS) is 17.4. The number of urea groups is 1. The van der Waals surface area contributed by atoms with E-state index in [0.717, 1.165) is 60.5 Å². The lowest BCUT2D eigenvalue weighted by Gasteiger charge is -2.31. The first kappa shape index (κ1) is 24.6. The molecule has 1 fully saturated rings. The number of hydrogen-bond acceptors (Lipinski definition) is 6. The molecule has 9 heteroatoms. The number of piperazine rings is 1. The fourth-order valence-corrected chi connectivity index (χ4v) is 4.58. The summed E-state index contributed by atoms with van der Waals surface area (Å²) in [7, 11) is 5.33. The number of aromatic nitrogens is 1. The highest BCUT2D eigenvalue weighted by molar-refractivity contribution is 6.16. The summed E-state index contributed by atoms with van der Waals surface area (Å²) in [5, 5.41) is 6.10. The maximum atomic E-state index is 13.1. The molecule has 3 aromatic rings. The number of carbonyl (C=O) groups is 2. The molecule has 2 aromatic carbocycles. The Labute approximate surface area is 215 Å². The molecule has 0 bridgehead atoms. The fourth-order valence-electron chi connectivity index (χ4n) is 4.58. The first-order chi connectivity index (χ1) is 17.9. The lowest BCUT2D eigenvalue weighted by atomic mass is 10.1. The number of methoxy groups -OCH3 is 1. The highest BCUT2D eigenvalue weighted by Gasteiger charge is 2.28. The standard InChI is InChI=1S/C28H31N5O4/c1-29-28(35)31-20-6-7-24-23(15-20)27(34)25(37-24)14-19-17-30-26-18(13-21(36-3)16-22(19)26)5-4-8-33-11-9-32(2)10-12-33/h4-7,13-17,30H,8-12H2,1-3H3,(H2,29,31,35). The molecule has 0 aliphatic carbocycles. The van der Waals surface area contributed by atoms with E-state index >= 15 is 0 Å². The molecule has 1 aromatic heterocycles. The number of carbonyl (C=O) groups excluding carboxylic acids is 2. The number of ketones is 1. The topological polar surface area (TPSA) is 98.9 Å². The van der Waals surface area contributed by atoms with Gasteiger partial charge >= 0.3 is 6.03 Å². The van der Waals surface area contributed by atoms with E-state index in [1.54, 1.807) is 31.4 Å². The molecule has 2 amide bonds. The van der Waals surface area contributed by atoms with E-state index in [-0.39, 0.29) is 17.6 Å². The van der Waals surface area contributed by atoms with Crippen molar-refractivity contribution >= 4 is 40.6 Å². The molecule has 192 valence electrons. The summed E-state index contributed by atoms with van der Waals surface area (Å²) in [6, 6.07) is 8.60. The number of benzene rings is 2. The lowest BCUT2D eigenvalue weighted by Crippen LogP contribution is -2.44. The van der Waals surface area contributed by atoms with Gasteiger partial charge in [-0.15, -0.1) is 0 Å². The smallest absolute Gasteiger partial charge is 0.318 e. The number of nitrogens with one attached hydrogen (secondary N) is 3. The van der Waals surface area contributed by atoms with Crippen molar-refractivity contribution in [2.45, 2.75) is 0 Å². The van der Waals surface area contributed by atoms with Crippen LogP contribution in [-0.2, 0) is 0 Å². The van der Waals surface area contributed by atoms with Crippen molar-refractivity contribution in [3.63, 3.8) is 0 Å². The van der Waals surface area contributed by atoms with Crippen LogP contribution in [0.5, 0.6) is 11.5 Å². The van der Waals surface area contributed by atoms with Gasteiger partial charge in [0.2, 0.25) is 5.78 Å². The Morgan fingerprint density at radius 1 is 1.16 bits per heavy atom. The predicted octanol–water partition coefficient (Wildman–Crippen LogP) is 3.80. The summed E-state index contributed by atoms with van der Waals surface area (Å²) in [4.78, 5) is 32.9. The third kappa shape index (κ3) is 5.23. The lowest BCUT2D eigenvalue weighted by molar-refractivity contribution is 0.101. The number of hydrogen-bond donors (Lipinski definition) is 3. The molecular formula is C28H31N5O4. The second-order valence-corrected chi connectivity index (χ2v) is 9.24. The van der Waals surface area contributed by atoms with E-state index in [9.17, 15) is 9.59 Å². The molecule has 9 nitrogen and oxygen atoms in total. The van der Waals surface area contributed by atoms with Crippen molar-refractivity contribution in [1.82, 2.24) is 20.1 Å². The average Bonchev–Trinajstić information content (AvgIpc) is 3.45. The average molecular weight is 502 g/mol. The van der Waals surface area contributed by atoms with Gasteiger partial charge in [-0.25, -0.2) is 4.79 Å². The van der Waals surface area contributed by atoms with Gasteiger partial charge in [0.05, 0.1) is 18.2 Å². The molecule has 0 unspecified atom stereocenters. The Morgan fingerprint density at radius 2 is 1.97 bits per heavy atom. The summed E-state index contributed by atoms with van der Waals surface area (Å²) < 4.78 is 11.4. The van der Waals surface area contributed by atoms with E-state index < -0.39 is 0 Å². The van der Waals surface area contributed by atoms with Gasteiger partial charge in [-0.3, -0.25) is 9.69 Å². The number of H-pyrrole nitrogens is 1. The third-order valence-corrected chi connectivity index (χ3v) is 6.76. The summed E-state index contributed by atoms with van der Waals surface area (Å²) in [5.74, 6) is 1.18. The van der Waals surface area contributed by atoms with Crippen LogP contribution in [0, 0.1) is 0 Å². The van der Waals surface area contributed by atoms with E-state index in [4.69, 9.17) is 9.47 Å². The zero-order valence-corrected chi connectivity index (χ0v) is 21.3. The van der Waals surface area contributed by atoms with Crippen molar-refractivity contribution in [1.29, 1.82) is 0 Å². The summed E-state index contributed by atoms with van der Waals surface area (Å²) in [6.07, 6.45) is 7.91. The molecule has 0 spiro atoms. The van der Waals surface area contributed by atoms with Crippen LogP contribution >= 0.6 is 0 Å². The monoisotopic (exact) mass is 501 g/mol. The second-order valence-electron chi connectivity index (χ2n) is 9.24. The first-order valence-corrected chi connectivity index (χ1v) is 12.3. The van der Waals surface area contributed by atoms with Gasteiger partial charge < -0.3 is 30.0 Å². The Hall–Kier alpha value is -4.08. The molecule has 2 aliphatic heterocycles. The van der Waals surface area contributed by atoms with Gasteiger partial charge in [0, 0.05) is 68.2 Å². The maximum absolute atomic E-state index is 13.1. The van der Waals surface area contributed by atoms with E-state index in [1.807, 2.05) is 18.3 Å². The number of ether oxygens (including phenoxy) is 2. The van der Waals surface area contributed by atoms with Gasteiger partial charge in [0.25, 0.3) is 0 Å². The zero-order valence-electron chi connectivity index (χ0n) is 21.3. The summed E-state index contributed by atoms with van der Waals surface area (Å²) in [5.41, 5.74) is 3.72. The molecule has 5 rings (SSSR count). The molecule has 1 saturated heterocycles. The molecule has 3 heterocycles.